The van der Waals surface area contributed by atoms with E-state index in [1.165, 1.54) is 0 Å². The van der Waals surface area contributed by atoms with E-state index in [0.717, 1.165) is 0 Å². The van der Waals surface area contributed by atoms with Gasteiger partial charge in [-0.15, -0.1) is 0 Å². The summed E-state index contributed by atoms with van der Waals surface area (Å²) in [6.45, 7) is 0. The minimum Gasteiger partial charge on any atom is -0.481 e. The Labute approximate surface area is 64.4 Å². The van der Waals surface area contributed by atoms with Gasteiger partial charge in [0.1, 0.15) is 5.67 Å². The maximum absolute atomic E-state index is 13.4. The van der Waals surface area contributed by atoms with E-state index in [0.29, 0.717) is 25.7 Å². The summed E-state index contributed by atoms with van der Waals surface area (Å²) >= 11 is 0. The molecule has 0 aromatic rings. The number of rotatable bonds is 1. The molecule has 0 aromatic heterocycles. The average molecular weight is 158 g/mol. The quantitative estimate of drug-likeness (QED) is 0.631. The molecule has 0 atom stereocenters. The smallest absolute Gasteiger partial charge is 0.309 e. The molecule has 0 aliphatic heterocycles. The molecule has 2 fully saturated rings. The first-order valence-electron chi connectivity index (χ1n) is 3.99. The molecule has 2 aliphatic carbocycles. The molecule has 1 N–H and O–H groups in total. The highest BCUT2D eigenvalue weighted by Crippen LogP contribution is 2.58. The molecule has 0 amide bonds. The van der Waals surface area contributed by atoms with E-state index in [9.17, 15) is 9.18 Å². The van der Waals surface area contributed by atoms with Gasteiger partial charge in [0, 0.05) is 0 Å². The Hall–Kier alpha value is -0.600. The molecule has 0 spiro atoms. The molecule has 3 heteroatoms. The first-order valence-corrected chi connectivity index (χ1v) is 3.99. The Kier molecular flexibility index (Phi) is 1.13. The van der Waals surface area contributed by atoms with E-state index in [2.05, 4.69) is 0 Å². The van der Waals surface area contributed by atoms with E-state index in [1.807, 2.05) is 0 Å². The van der Waals surface area contributed by atoms with Crippen LogP contribution in [-0.2, 0) is 4.79 Å². The number of alkyl halides is 1. The molecule has 2 saturated carbocycles. The number of carboxylic acid groups (broad SMARTS) is 1. The Morgan fingerprint density at radius 2 is 1.82 bits per heavy atom. The third-order valence-corrected chi connectivity index (χ3v) is 3.21. The lowest BCUT2D eigenvalue weighted by atomic mass is 9.84. The highest BCUT2D eigenvalue weighted by atomic mass is 19.1. The number of aliphatic carboxylic acids is 1. The Bertz CT molecular complexity index is 204. The second-order valence-corrected chi connectivity index (χ2v) is 3.91. The van der Waals surface area contributed by atoms with Crippen molar-refractivity contribution in [3.05, 3.63) is 0 Å². The minimum atomic E-state index is -1.13. The monoisotopic (exact) mass is 158 g/mol. The summed E-state index contributed by atoms with van der Waals surface area (Å²) in [6, 6.07) is 0. The molecule has 0 aromatic carbocycles. The summed E-state index contributed by atoms with van der Waals surface area (Å²) < 4.78 is 13.4. The highest BCUT2D eigenvalue weighted by Gasteiger charge is 2.58. The molecular weight excluding hydrogens is 147 g/mol. The van der Waals surface area contributed by atoms with Crippen LogP contribution in [0.3, 0.4) is 0 Å². The number of hydrogen-bond donors (Lipinski definition) is 1. The fourth-order valence-corrected chi connectivity index (χ4v) is 2.43. The maximum Gasteiger partial charge on any atom is 0.309 e. The molecular formula is C8H11FO2. The second kappa shape index (κ2) is 1.76. The lowest BCUT2D eigenvalue weighted by Gasteiger charge is -2.20. The SMILES string of the molecule is O=C(O)C12CCC(F)(CC1)C2. The molecule has 2 nitrogen and oxygen atoms in total. The predicted molar refractivity (Wildman–Crippen MR) is 37.0 cm³/mol. The van der Waals surface area contributed by atoms with Gasteiger partial charge in [0.15, 0.2) is 0 Å². The molecule has 2 aliphatic rings. The van der Waals surface area contributed by atoms with Crippen LogP contribution < -0.4 is 0 Å². The lowest BCUT2D eigenvalue weighted by Crippen LogP contribution is -2.25. The van der Waals surface area contributed by atoms with E-state index < -0.39 is 17.1 Å². The summed E-state index contributed by atoms with van der Waals surface area (Å²) in [5.41, 5.74) is -1.81. The number of fused-ring (bicyclic) bond motifs is 2. The summed E-state index contributed by atoms with van der Waals surface area (Å²) in [5, 5.41) is 8.84. The van der Waals surface area contributed by atoms with Gasteiger partial charge in [0.05, 0.1) is 5.41 Å². The zero-order valence-electron chi connectivity index (χ0n) is 6.27. The minimum absolute atomic E-state index is 0.259. The fraction of sp³-hybridized carbons (Fsp3) is 0.875. The lowest BCUT2D eigenvalue weighted by molar-refractivity contribution is -0.148. The molecule has 2 bridgehead atoms. The van der Waals surface area contributed by atoms with E-state index in [-0.39, 0.29) is 6.42 Å². The standard InChI is InChI=1S/C8H11FO2/c9-8-3-1-7(5-8,2-4-8)6(10)11/h1-5H2,(H,10,11). The van der Waals surface area contributed by atoms with E-state index in [1.54, 1.807) is 0 Å². The fourth-order valence-electron chi connectivity index (χ4n) is 2.43. The average Bonchev–Trinajstić information content (AvgIpc) is 2.42. The van der Waals surface area contributed by atoms with Crippen molar-refractivity contribution in [1.29, 1.82) is 0 Å². The van der Waals surface area contributed by atoms with Gasteiger partial charge < -0.3 is 5.11 Å². The molecule has 62 valence electrons. The summed E-state index contributed by atoms with van der Waals surface area (Å²) in [7, 11) is 0. The Balaban J connectivity index is 2.27. The summed E-state index contributed by atoms with van der Waals surface area (Å²) in [6.07, 6.45) is 2.26. The van der Waals surface area contributed by atoms with Crippen LogP contribution >= 0.6 is 0 Å². The molecule has 11 heavy (non-hydrogen) atoms. The van der Waals surface area contributed by atoms with Crippen LogP contribution in [0.5, 0.6) is 0 Å². The summed E-state index contributed by atoms with van der Waals surface area (Å²) in [4.78, 5) is 10.8. The van der Waals surface area contributed by atoms with Crippen LogP contribution in [0.2, 0.25) is 0 Å². The zero-order chi connectivity index (χ0) is 8.11. The van der Waals surface area contributed by atoms with Gasteiger partial charge in [-0.05, 0) is 32.1 Å². The molecule has 0 saturated heterocycles. The van der Waals surface area contributed by atoms with Crippen molar-refractivity contribution in [2.75, 3.05) is 0 Å². The van der Waals surface area contributed by atoms with Crippen molar-refractivity contribution in [2.24, 2.45) is 5.41 Å². The first-order chi connectivity index (χ1) is 5.06. The van der Waals surface area contributed by atoms with Crippen LogP contribution in [-0.4, -0.2) is 16.7 Å². The summed E-state index contributed by atoms with van der Waals surface area (Å²) in [5.74, 6) is -0.797. The number of carbonyl (C=O) groups is 1. The Morgan fingerprint density at radius 1 is 1.27 bits per heavy atom. The van der Waals surface area contributed by atoms with Crippen molar-refractivity contribution in [1.82, 2.24) is 0 Å². The number of halogens is 1. The highest BCUT2D eigenvalue weighted by molar-refractivity contribution is 5.76. The Morgan fingerprint density at radius 3 is 2.00 bits per heavy atom. The van der Waals surface area contributed by atoms with Crippen molar-refractivity contribution < 1.29 is 14.3 Å². The van der Waals surface area contributed by atoms with Crippen molar-refractivity contribution in [2.45, 2.75) is 37.8 Å². The van der Waals surface area contributed by atoms with Gasteiger partial charge in [0.25, 0.3) is 0 Å². The third kappa shape index (κ3) is 0.798. The second-order valence-electron chi connectivity index (χ2n) is 3.91. The van der Waals surface area contributed by atoms with Gasteiger partial charge in [0.2, 0.25) is 0 Å². The number of hydrogen-bond acceptors (Lipinski definition) is 1. The van der Waals surface area contributed by atoms with Gasteiger partial charge >= 0.3 is 5.97 Å². The van der Waals surface area contributed by atoms with Gasteiger partial charge in [-0.1, -0.05) is 0 Å². The van der Waals surface area contributed by atoms with Crippen LogP contribution in [0.1, 0.15) is 32.1 Å². The van der Waals surface area contributed by atoms with Crippen LogP contribution in [0.4, 0.5) is 4.39 Å². The van der Waals surface area contributed by atoms with Gasteiger partial charge in [-0.2, -0.15) is 0 Å². The zero-order valence-corrected chi connectivity index (χ0v) is 6.27. The third-order valence-electron chi connectivity index (χ3n) is 3.21. The van der Waals surface area contributed by atoms with Crippen molar-refractivity contribution >= 4 is 5.97 Å². The van der Waals surface area contributed by atoms with E-state index in [4.69, 9.17) is 5.11 Å². The first kappa shape index (κ1) is 7.07. The normalized spacial score (nSPS) is 48.1. The largest absolute Gasteiger partial charge is 0.481 e. The van der Waals surface area contributed by atoms with Gasteiger partial charge in [-0.25, -0.2) is 4.39 Å². The number of carboxylic acids is 1. The van der Waals surface area contributed by atoms with E-state index >= 15 is 0 Å². The molecule has 2 rings (SSSR count). The predicted octanol–water partition coefficient (Wildman–Crippen LogP) is 1.74. The van der Waals surface area contributed by atoms with Gasteiger partial charge in [-0.3, -0.25) is 4.79 Å². The molecule has 0 heterocycles. The topological polar surface area (TPSA) is 37.3 Å². The maximum atomic E-state index is 13.4. The van der Waals surface area contributed by atoms with Crippen molar-refractivity contribution in [3.8, 4) is 0 Å². The van der Waals surface area contributed by atoms with Crippen molar-refractivity contribution in [3.63, 3.8) is 0 Å². The van der Waals surface area contributed by atoms with Crippen LogP contribution in [0.15, 0.2) is 0 Å². The van der Waals surface area contributed by atoms with Crippen LogP contribution in [0.25, 0.3) is 0 Å². The molecule has 0 radical (unpaired) electrons. The van der Waals surface area contributed by atoms with Crippen LogP contribution in [0, 0.1) is 5.41 Å². The molecule has 0 unspecified atom stereocenters.